The fourth-order valence-electron chi connectivity index (χ4n) is 3.50. The van der Waals surface area contributed by atoms with Crippen LogP contribution in [0.3, 0.4) is 0 Å². The summed E-state index contributed by atoms with van der Waals surface area (Å²) >= 11 is 0. The number of esters is 1. The molecule has 0 aliphatic rings. The van der Waals surface area contributed by atoms with E-state index in [0.29, 0.717) is 18.9 Å². The van der Waals surface area contributed by atoms with Crippen LogP contribution < -0.4 is 0 Å². The first-order valence-electron chi connectivity index (χ1n) is 11.4. The van der Waals surface area contributed by atoms with Crippen LogP contribution in [0.1, 0.15) is 89.5 Å². The Hall–Kier alpha value is -2.10. The quantitative estimate of drug-likeness (QED) is 0.241. The molecule has 1 aromatic heterocycles. The standard InChI is InChI=1S/C25H37NO3/c1-3-4-5-6-7-8-9-10-11-12-13-22-14-16-23(17-15-22)24-20-29-25(26-24)18-19-28-21(2)27/h14-17,20H,3-13,18-19H2,1-2H3. The average molecular weight is 400 g/mol. The molecule has 0 atom stereocenters. The minimum absolute atomic E-state index is 0.283. The smallest absolute Gasteiger partial charge is 0.302 e. The fourth-order valence-corrected chi connectivity index (χ4v) is 3.50. The normalized spacial score (nSPS) is 11.0. The van der Waals surface area contributed by atoms with Gasteiger partial charge in [0.1, 0.15) is 12.0 Å². The van der Waals surface area contributed by atoms with Crippen molar-refractivity contribution in [2.75, 3.05) is 6.61 Å². The van der Waals surface area contributed by atoms with Gasteiger partial charge in [0.15, 0.2) is 5.89 Å². The number of carbonyl (C=O) groups is 1. The number of aromatic nitrogens is 1. The van der Waals surface area contributed by atoms with E-state index in [1.165, 1.54) is 76.7 Å². The van der Waals surface area contributed by atoms with Crippen molar-refractivity contribution in [3.8, 4) is 11.3 Å². The van der Waals surface area contributed by atoms with Crippen LogP contribution in [0.4, 0.5) is 0 Å². The minimum Gasteiger partial charge on any atom is -0.465 e. The molecule has 0 aliphatic heterocycles. The van der Waals surface area contributed by atoms with Crippen LogP contribution in [0.2, 0.25) is 0 Å². The van der Waals surface area contributed by atoms with Gasteiger partial charge in [-0.25, -0.2) is 4.98 Å². The summed E-state index contributed by atoms with van der Waals surface area (Å²) in [7, 11) is 0. The molecule has 2 aromatic rings. The lowest BCUT2D eigenvalue weighted by molar-refractivity contribution is -0.140. The molecule has 0 radical (unpaired) electrons. The van der Waals surface area contributed by atoms with Gasteiger partial charge in [0.2, 0.25) is 0 Å². The van der Waals surface area contributed by atoms with Gasteiger partial charge < -0.3 is 9.15 Å². The molecule has 0 spiro atoms. The number of oxazole rings is 1. The number of hydrogen-bond donors (Lipinski definition) is 0. The van der Waals surface area contributed by atoms with E-state index < -0.39 is 0 Å². The molecule has 2 rings (SSSR count). The zero-order valence-electron chi connectivity index (χ0n) is 18.3. The van der Waals surface area contributed by atoms with Crippen molar-refractivity contribution in [2.24, 2.45) is 0 Å². The Labute approximate surface area is 176 Å². The summed E-state index contributed by atoms with van der Waals surface area (Å²) in [4.78, 5) is 15.3. The summed E-state index contributed by atoms with van der Waals surface area (Å²) < 4.78 is 10.4. The van der Waals surface area contributed by atoms with Crippen molar-refractivity contribution in [2.45, 2.75) is 90.9 Å². The molecule has 0 unspecified atom stereocenters. The number of rotatable bonds is 15. The van der Waals surface area contributed by atoms with Gasteiger partial charge in [-0.3, -0.25) is 4.79 Å². The van der Waals surface area contributed by atoms with Crippen LogP contribution in [0.5, 0.6) is 0 Å². The van der Waals surface area contributed by atoms with Crippen LogP contribution in [0.25, 0.3) is 11.3 Å². The summed E-state index contributed by atoms with van der Waals surface area (Å²) in [5.74, 6) is 0.311. The summed E-state index contributed by atoms with van der Waals surface area (Å²) in [5.41, 5.74) is 3.26. The molecule has 4 nitrogen and oxygen atoms in total. The van der Waals surface area contributed by atoms with Gasteiger partial charge in [0.05, 0.1) is 13.0 Å². The lowest BCUT2D eigenvalue weighted by Crippen LogP contribution is -2.03. The Kier molecular flexibility index (Phi) is 11.2. The maximum atomic E-state index is 10.8. The topological polar surface area (TPSA) is 52.3 Å². The highest BCUT2D eigenvalue weighted by molar-refractivity contribution is 5.65. The van der Waals surface area contributed by atoms with E-state index in [1.807, 2.05) is 0 Å². The van der Waals surface area contributed by atoms with Crippen molar-refractivity contribution in [1.82, 2.24) is 4.98 Å². The lowest BCUT2D eigenvalue weighted by Gasteiger charge is -2.04. The number of hydrogen-bond acceptors (Lipinski definition) is 4. The highest BCUT2D eigenvalue weighted by Gasteiger charge is 2.07. The van der Waals surface area contributed by atoms with E-state index >= 15 is 0 Å². The number of aryl methyl sites for hydroxylation is 1. The predicted octanol–water partition coefficient (Wildman–Crippen LogP) is 6.91. The third-order valence-electron chi connectivity index (χ3n) is 5.24. The Morgan fingerprint density at radius 1 is 0.897 bits per heavy atom. The largest absolute Gasteiger partial charge is 0.465 e. The van der Waals surface area contributed by atoms with Crippen molar-refractivity contribution in [3.05, 3.63) is 42.0 Å². The van der Waals surface area contributed by atoms with E-state index in [-0.39, 0.29) is 5.97 Å². The van der Waals surface area contributed by atoms with E-state index in [1.54, 1.807) is 6.26 Å². The van der Waals surface area contributed by atoms with Crippen LogP contribution >= 0.6 is 0 Å². The zero-order valence-corrected chi connectivity index (χ0v) is 18.3. The maximum Gasteiger partial charge on any atom is 0.302 e. The maximum absolute atomic E-state index is 10.8. The molecular weight excluding hydrogens is 362 g/mol. The minimum atomic E-state index is -0.283. The third kappa shape index (κ3) is 9.78. The molecule has 0 saturated heterocycles. The number of ether oxygens (including phenoxy) is 1. The lowest BCUT2D eigenvalue weighted by atomic mass is 10.0. The van der Waals surface area contributed by atoms with Gasteiger partial charge in [-0.2, -0.15) is 0 Å². The summed E-state index contributed by atoms with van der Waals surface area (Å²) in [5, 5.41) is 0. The highest BCUT2D eigenvalue weighted by Crippen LogP contribution is 2.20. The molecular formula is C25H37NO3. The predicted molar refractivity (Wildman–Crippen MR) is 118 cm³/mol. The number of nitrogens with zero attached hydrogens (tertiary/aromatic N) is 1. The molecule has 29 heavy (non-hydrogen) atoms. The van der Waals surface area contributed by atoms with Crippen molar-refractivity contribution in [1.29, 1.82) is 0 Å². The van der Waals surface area contributed by atoms with Gasteiger partial charge in [-0.15, -0.1) is 0 Å². The van der Waals surface area contributed by atoms with E-state index in [9.17, 15) is 4.79 Å². The van der Waals surface area contributed by atoms with Gasteiger partial charge in [-0.1, -0.05) is 89.0 Å². The van der Waals surface area contributed by atoms with Crippen molar-refractivity contribution < 1.29 is 13.9 Å². The first-order valence-corrected chi connectivity index (χ1v) is 11.4. The SMILES string of the molecule is CCCCCCCCCCCCc1ccc(-c2coc(CCOC(C)=O)n2)cc1. The number of unbranched alkanes of at least 4 members (excludes halogenated alkanes) is 9. The van der Waals surface area contributed by atoms with E-state index in [2.05, 4.69) is 36.2 Å². The molecule has 0 bridgehead atoms. The Morgan fingerprint density at radius 2 is 1.52 bits per heavy atom. The van der Waals surface area contributed by atoms with Crippen LogP contribution in [0, 0.1) is 0 Å². The second-order valence-corrected chi connectivity index (χ2v) is 7.85. The molecule has 160 valence electrons. The second-order valence-electron chi connectivity index (χ2n) is 7.85. The van der Waals surface area contributed by atoms with Crippen LogP contribution in [-0.2, 0) is 22.4 Å². The molecule has 0 N–H and O–H groups in total. The molecule has 1 heterocycles. The van der Waals surface area contributed by atoms with Gasteiger partial charge in [0.25, 0.3) is 0 Å². The Bertz CT molecular complexity index is 690. The monoisotopic (exact) mass is 399 g/mol. The van der Waals surface area contributed by atoms with Gasteiger partial charge in [-0.05, 0) is 18.4 Å². The van der Waals surface area contributed by atoms with Crippen molar-refractivity contribution >= 4 is 5.97 Å². The highest BCUT2D eigenvalue weighted by atomic mass is 16.5. The van der Waals surface area contributed by atoms with Gasteiger partial charge in [0, 0.05) is 12.5 Å². The molecule has 0 fully saturated rings. The Morgan fingerprint density at radius 3 is 2.14 bits per heavy atom. The molecule has 4 heteroatoms. The Balaban J connectivity index is 1.61. The van der Waals surface area contributed by atoms with Crippen molar-refractivity contribution in [3.63, 3.8) is 0 Å². The second kappa shape index (κ2) is 14.0. The third-order valence-corrected chi connectivity index (χ3v) is 5.24. The van der Waals surface area contributed by atoms with E-state index in [4.69, 9.17) is 9.15 Å². The van der Waals surface area contributed by atoms with Crippen LogP contribution in [0.15, 0.2) is 34.9 Å². The first-order chi connectivity index (χ1) is 14.2. The molecule has 0 saturated carbocycles. The molecule has 0 aliphatic carbocycles. The zero-order chi connectivity index (χ0) is 20.7. The van der Waals surface area contributed by atoms with Crippen LogP contribution in [-0.4, -0.2) is 17.6 Å². The van der Waals surface area contributed by atoms with E-state index in [0.717, 1.165) is 17.7 Å². The summed E-state index contributed by atoms with van der Waals surface area (Å²) in [6.07, 6.45) is 17.0. The first kappa shape index (κ1) is 23.2. The molecule has 1 aromatic carbocycles. The average Bonchev–Trinajstić information content (AvgIpc) is 3.18. The summed E-state index contributed by atoms with van der Waals surface area (Å²) in [6, 6.07) is 8.60. The molecule has 0 amide bonds. The summed E-state index contributed by atoms with van der Waals surface area (Å²) in [6.45, 7) is 3.97. The number of benzene rings is 1. The fraction of sp³-hybridized carbons (Fsp3) is 0.600. The van der Waals surface area contributed by atoms with Gasteiger partial charge >= 0.3 is 5.97 Å². The number of carbonyl (C=O) groups excluding carboxylic acids is 1.